The molecule has 0 aliphatic carbocycles. The van der Waals surface area contributed by atoms with Gasteiger partial charge in [0.1, 0.15) is 6.10 Å². The summed E-state index contributed by atoms with van der Waals surface area (Å²) >= 11 is 0. The maximum atomic E-state index is 6.74. The van der Waals surface area contributed by atoms with Crippen LogP contribution in [0.1, 0.15) is 48.5 Å². The fraction of sp³-hybridized carbons (Fsp3) is 0.900. The Balaban J connectivity index is 5.33. The lowest BCUT2D eigenvalue weighted by atomic mass is 10.0. The van der Waals surface area contributed by atoms with Gasteiger partial charge >= 0.3 is 0 Å². The van der Waals surface area contributed by atoms with Gasteiger partial charge in [-0.05, 0) is 36.3 Å². The fourth-order valence-corrected chi connectivity index (χ4v) is 4.55. The van der Waals surface area contributed by atoms with Crippen LogP contribution in [-0.4, -0.2) is 42.6 Å². The highest BCUT2D eigenvalue weighted by Crippen LogP contribution is 2.40. The van der Waals surface area contributed by atoms with E-state index >= 15 is 0 Å². The van der Waals surface area contributed by atoms with Crippen molar-refractivity contribution in [2.45, 2.75) is 96.9 Å². The Bertz CT molecular complexity index is 420. The van der Waals surface area contributed by atoms with Crippen molar-refractivity contribution in [3.05, 3.63) is 12.7 Å². The molecule has 0 N–H and O–H groups in total. The zero-order valence-corrected chi connectivity index (χ0v) is 20.9. The molecule has 0 saturated carbocycles. The van der Waals surface area contributed by atoms with Gasteiger partial charge in [0.05, 0.1) is 6.10 Å². The van der Waals surface area contributed by atoms with Crippen molar-refractivity contribution in [2.75, 3.05) is 13.7 Å². The molecule has 0 amide bonds. The summed E-state index contributed by atoms with van der Waals surface area (Å²) in [6.07, 6.45) is 1.71. The Hall–Kier alpha value is 0.0538. The number of ether oxygens (including phenoxy) is 1. The molecule has 0 aromatic heterocycles. The van der Waals surface area contributed by atoms with Crippen LogP contribution in [-0.2, 0) is 13.6 Å². The van der Waals surface area contributed by atoms with Gasteiger partial charge in [0.2, 0.25) is 0 Å². The van der Waals surface area contributed by atoms with Gasteiger partial charge in [-0.3, -0.25) is 0 Å². The van der Waals surface area contributed by atoms with Crippen LogP contribution in [0.25, 0.3) is 0 Å². The van der Waals surface area contributed by atoms with Crippen LogP contribution in [0.15, 0.2) is 12.7 Å². The summed E-state index contributed by atoms with van der Waals surface area (Å²) in [4.78, 5) is 0. The third kappa shape index (κ3) is 6.94. The average Bonchev–Trinajstić information content (AvgIpc) is 2.42. The van der Waals surface area contributed by atoms with E-state index in [1.165, 1.54) is 0 Å². The molecule has 0 fully saturated rings. The summed E-state index contributed by atoms with van der Waals surface area (Å²) in [6.45, 7) is 29.7. The lowest BCUT2D eigenvalue weighted by molar-refractivity contribution is -0.0158. The first-order valence-electron chi connectivity index (χ1n) is 9.47. The molecule has 3 nitrogen and oxygen atoms in total. The molecule has 0 rings (SSSR count). The van der Waals surface area contributed by atoms with Crippen molar-refractivity contribution in [1.29, 1.82) is 0 Å². The molecule has 150 valence electrons. The van der Waals surface area contributed by atoms with Crippen LogP contribution in [0, 0.1) is 5.92 Å². The van der Waals surface area contributed by atoms with Gasteiger partial charge in [-0.15, -0.1) is 6.58 Å². The highest BCUT2D eigenvalue weighted by atomic mass is 28.4. The summed E-state index contributed by atoms with van der Waals surface area (Å²) in [6, 6.07) is 0. The Morgan fingerprint density at radius 1 is 0.920 bits per heavy atom. The smallest absolute Gasteiger partial charge is 0.192 e. The lowest BCUT2D eigenvalue weighted by Gasteiger charge is -2.43. The van der Waals surface area contributed by atoms with Gasteiger partial charge in [-0.1, -0.05) is 54.5 Å². The molecule has 25 heavy (non-hydrogen) atoms. The summed E-state index contributed by atoms with van der Waals surface area (Å²) in [5.41, 5.74) is 0. The SMILES string of the molecule is C=C[C@H](OC)[C@@H](O[Si](C)(C)C(C)(C)C)[C@H](C)CO[Si](C)(C)C(C)(C)C. The zero-order chi connectivity index (χ0) is 20.3. The summed E-state index contributed by atoms with van der Waals surface area (Å²) < 4.78 is 18.9. The van der Waals surface area contributed by atoms with E-state index in [9.17, 15) is 0 Å². The molecule has 0 spiro atoms. The van der Waals surface area contributed by atoms with Gasteiger partial charge in [0.15, 0.2) is 16.6 Å². The van der Waals surface area contributed by atoms with Gasteiger partial charge in [-0.2, -0.15) is 0 Å². The van der Waals surface area contributed by atoms with E-state index in [1.54, 1.807) is 7.11 Å². The molecule has 0 aliphatic heterocycles. The predicted octanol–water partition coefficient (Wildman–Crippen LogP) is 6.24. The highest BCUT2D eigenvalue weighted by molar-refractivity contribution is 6.74. The number of methoxy groups -OCH3 is 1. The Morgan fingerprint density at radius 2 is 1.36 bits per heavy atom. The average molecular weight is 389 g/mol. The van der Waals surface area contributed by atoms with Crippen LogP contribution in [0.5, 0.6) is 0 Å². The van der Waals surface area contributed by atoms with Crippen molar-refractivity contribution in [2.24, 2.45) is 5.92 Å². The Morgan fingerprint density at radius 3 is 1.68 bits per heavy atom. The third-order valence-corrected chi connectivity index (χ3v) is 15.1. The van der Waals surface area contributed by atoms with Gasteiger partial charge in [-0.25, -0.2) is 0 Å². The Labute approximate surface area is 159 Å². The van der Waals surface area contributed by atoms with E-state index in [-0.39, 0.29) is 28.2 Å². The molecule has 0 unspecified atom stereocenters. The van der Waals surface area contributed by atoms with Crippen LogP contribution in [0.2, 0.25) is 36.3 Å². The van der Waals surface area contributed by atoms with E-state index < -0.39 is 16.6 Å². The van der Waals surface area contributed by atoms with Crippen molar-refractivity contribution in [3.8, 4) is 0 Å². The molecule has 0 aliphatic rings. The molecule has 5 heteroatoms. The fourth-order valence-electron chi connectivity index (χ4n) is 2.04. The first-order valence-corrected chi connectivity index (χ1v) is 15.3. The molecule has 0 saturated heterocycles. The molecule has 0 bridgehead atoms. The molecule has 0 heterocycles. The molecule has 0 radical (unpaired) electrons. The summed E-state index contributed by atoms with van der Waals surface area (Å²) in [7, 11) is -1.95. The van der Waals surface area contributed by atoms with Crippen molar-refractivity contribution < 1.29 is 13.6 Å². The van der Waals surface area contributed by atoms with E-state index in [0.717, 1.165) is 0 Å². The van der Waals surface area contributed by atoms with Crippen molar-refractivity contribution >= 4 is 16.6 Å². The molecule has 3 atom stereocenters. The first-order chi connectivity index (χ1) is 11.0. The second-order valence-corrected chi connectivity index (χ2v) is 19.9. The van der Waals surface area contributed by atoms with Crippen LogP contribution in [0.3, 0.4) is 0 Å². The number of hydrogen-bond acceptors (Lipinski definition) is 3. The van der Waals surface area contributed by atoms with Gasteiger partial charge in [0.25, 0.3) is 0 Å². The van der Waals surface area contributed by atoms with E-state index in [1.807, 2.05) is 6.08 Å². The standard InChI is InChI=1S/C20H44O3Si2/c1-14-17(21-9)18(23-25(12,13)20(6,7)8)16(2)15-22-24(10,11)19(3,4)5/h14,16-18H,1,15H2,2-13H3/t16-,17+,18+/m1/s1. The quantitative estimate of drug-likeness (QED) is 0.346. The van der Waals surface area contributed by atoms with E-state index in [0.29, 0.717) is 6.61 Å². The monoisotopic (exact) mass is 388 g/mol. The Kier molecular flexibility index (Phi) is 8.85. The molecular formula is C20H44O3Si2. The maximum Gasteiger partial charge on any atom is 0.192 e. The molecule has 0 aromatic carbocycles. The third-order valence-electron chi connectivity index (χ3n) is 6.14. The normalized spacial score (nSPS) is 17.9. The van der Waals surface area contributed by atoms with Gasteiger partial charge in [0, 0.05) is 19.6 Å². The second-order valence-electron chi connectivity index (χ2n) is 10.3. The minimum atomic E-state index is -1.91. The van der Waals surface area contributed by atoms with Crippen molar-refractivity contribution in [1.82, 2.24) is 0 Å². The molecular weight excluding hydrogens is 344 g/mol. The number of hydrogen-bond donors (Lipinski definition) is 0. The number of rotatable bonds is 9. The zero-order valence-electron chi connectivity index (χ0n) is 18.9. The van der Waals surface area contributed by atoms with E-state index in [4.69, 9.17) is 13.6 Å². The predicted molar refractivity (Wildman–Crippen MR) is 115 cm³/mol. The lowest BCUT2D eigenvalue weighted by Crippen LogP contribution is -2.51. The summed E-state index contributed by atoms with van der Waals surface area (Å²) in [5.74, 6) is 0.242. The minimum absolute atomic E-state index is 0.0341. The topological polar surface area (TPSA) is 27.7 Å². The second kappa shape index (κ2) is 8.83. The van der Waals surface area contributed by atoms with Crippen LogP contribution in [0.4, 0.5) is 0 Å². The van der Waals surface area contributed by atoms with Gasteiger partial charge < -0.3 is 13.6 Å². The van der Waals surface area contributed by atoms with Crippen LogP contribution < -0.4 is 0 Å². The first kappa shape index (κ1) is 25.1. The van der Waals surface area contributed by atoms with Crippen LogP contribution >= 0.6 is 0 Å². The van der Waals surface area contributed by atoms with Crippen molar-refractivity contribution in [3.63, 3.8) is 0 Å². The largest absolute Gasteiger partial charge is 0.416 e. The highest BCUT2D eigenvalue weighted by Gasteiger charge is 2.43. The maximum absolute atomic E-state index is 6.74. The molecule has 0 aromatic rings. The van der Waals surface area contributed by atoms with E-state index in [2.05, 4.69) is 81.2 Å². The summed E-state index contributed by atoms with van der Waals surface area (Å²) in [5, 5.41) is 0.367. The minimum Gasteiger partial charge on any atom is -0.416 e.